The van der Waals surface area contributed by atoms with Gasteiger partial charge in [-0.15, -0.1) is 0 Å². The van der Waals surface area contributed by atoms with Crippen LogP contribution in [0.2, 0.25) is 0 Å². The number of rotatable bonds is 7. The van der Waals surface area contributed by atoms with E-state index in [-0.39, 0.29) is 35.2 Å². The van der Waals surface area contributed by atoms with E-state index < -0.39 is 10.0 Å². The summed E-state index contributed by atoms with van der Waals surface area (Å²) < 4.78 is 34.3. The summed E-state index contributed by atoms with van der Waals surface area (Å²) >= 11 is 0. The zero-order valence-electron chi connectivity index (χ0n) is 18.1. The van der Waals surface area contributed by atoms with Gasteiger partial charge in [0.05, 0.1) is 17.1 Å². The van der Waals surface area contributed by atoms with E-state index in [0.29, 0.717) is 11.1 Å². The summed E-state index contributed by atoms with van der Waals surface area (Å²) in [7, 11) is -3.90. The number of hydrogen-bond donors (Lipinski definition) is 2. The Balaban J connectivity index is 2.02. The van der Waals surface area contributed by atoms with Crippen molar-refractivity contribution >= 4 is 15.8 Å². The minimum absolute atomic E-state index is 0.0241. The second-order valence-corrected chi connectivity index (χ2v) is 9.90. The molecule has 0 amide bonds. The van der Waals surface area contributed by atoms with Crippen LogP contribution in [-0.2, 0) is 15.4 Å². The molecule has 2 N–H and O–H groups in total. The van der Waals surface area contributed by atoms with E-state index in [4.69, 9.17) is 9.84 Å². The van der Waals surface area contributed by atoms with Gasteiger partial charge in [-0.2, -0.15) is 0 Å². The second-order valence-electron chi connectivity index (χ2n) is 8.22. The lowest BCUT2D eigenvalue weighted by molar-refractivity contribution is 0.197. The number of hydrogen-bond acceptors (Lipinski definition) is 6. The molecule has 0 spiro atoms. The maximum atomic E-state index is 13.1. The lowest BCUT2D eigenvalue weighted by atomic mass is 9.87. The van der Waals surface area contributed by atoms with Crippen LogP contribution in [0.15, 0.2) is 59.8 Å². The van der Waals surface area contributed by atoms with Crippen LogP contribution in [0.1, 0.15) is 31.9 Å². The van der Waals surface area contributed by atoms with Crippen molar-refractivity contribution in [1.82, 2.24) is 9.97 Å². The molecule has 1 aromatic heterocycles. The highest BCUT2D eigenvalue weighted by atomic mass is 32.2. The molecular weight excluding hydrogens is 414 g/mol. The molecule has 0 aliphatic carbocycles. The lowest BCUT2D eigenvalue weighted by Gasteiger charge is -2.19. The number of anilines is 1. The number of aryl methyl sites for hydroxylation is 1. The van der Waals surface area contributed by atoms with Crippen LogP contribution < -0.4 is 9.46 Å². The molecule has 0 aliphatic rings. The van der Waals surface area contributed by atoms with Gasteiger partial charge in [-0.1, -0.05) is 62.7 Å². The Labute approximate surface area is 183 Å². The van der Waals surface area contributed by atoms with E-state index in [1.54, 1.807) is 12.1 Å². The Morgan fingerprint density at radius 2 is 1.65 bits per heavy atom. The van der Waals surface area contributed by atoms with Gasteiger partial charge in [-0.05, 0) is 35.6 Å². The van der Waals surface area contributed by atoms with Crippen molar-refractivity contribution in [2.45, 2.75) is 38.0 Å². The molecule has 164 valence electrons. The molecule has 7 nitrogen and oxygen atoms in total. The van der Waals surface area contributed by atoms with Gasteiger partial charge in [0.1, 0.15) is 12.9 Å². The van der Waals surface area contributed by atoms with Crippen molar-refractivity contribution in [3.8, 4) is 17.0 Å². The van der Waals surface area contributed by atoms with E-state index in [1.165, 1.54) is 6.33 Å². The molecule has 3 aromatic rings. The van der Waals surface area contributed by atoms with Crippen molar-refractivity contribution < 1.29 is 18.3 Å². The van der Waals surface area contributed by atoms with Crippen molar-refractivity contribution in [2.75, 3.05) is 17.9 Å². The quantitative estimate of drug-likeness (QED) is 0.576. The molecule has 0 radical (unpaired) electrons. The third-order valence-electron chi connectivity index (χ3n) is 4.74. The van der Waals surface area contributed by atoms with Gasteiger partial charge >= 0.3 is 0 Å². The minimum Gasteiger partial charge on any atom is -0.475 e. The molecule has 0 saturated carbocycles. The highest BCUT2D eigenvalue weighted by Crippen LogP contribution is 2.35. The molecule has 1 heterocycles. The van der Waals surface area contributed by atoms with Crippen molar-refractivity contribution in [2.24, 2.45) is 0 Å². The Morgan fingerprint density at radius 1 is 1.00 bits per heavy atom. The molecular formula is C23H27N3O4S. The van der Waals surface area contributed by atoms with Gasteiger partial charge < -0.3 is 9.84 Å². The van der Waals surface area contributed by atoms with E-state index in [1.807, 2.05) is 43.3 Å². The first kappa shape index (κ1) is 22.7. The fourth-order valence-corrected chi connectivity index (χ4v) is 4.02. The maximum Gasteiger partial charge on any atom is 0.263 e. The first-order valence-electron chi connectivity index (χ1n) is 9.91. The normalized spacial score (nSPS) is 11.9. The summed E-state index contributed by atoms with van der Waals surface area (Å²) in [5.41, 5.74) is 3.11. The summed E-state index contributed by atoms with van der Waals surface area (Å²) in [5.74, 6) is 0.292. The standard InChI is InChI=1S/C23H27N3O4S/c1-16-5-7-17(8-6-16)20-21(24-15-25-22(20)30-14-13-27)26-31(28,29)19-11-9-18(10-12-19)23(2,3)4/h5-12,15,27H,13-14H2,1-4H3,(H,24,25,26). The van der Waals surface area contributed by atoms with Gasteiger partial charge in [0.25, 0.3) is 10.0 Å². The number of nitrogens with zero attached hydrogens (tertiary/aromatic N) is 2. The largest absolute Gasteiger partial charge is 0.475 e. The average Bonchev–Trinajstić information content (AvgIpc) is 2.72. The Morgan fingerprint density at radius 3 is 2.23 bits per heavy atom. The molecule has 0 bridgehead atoms. The van der Waals surface area contributed by atoms with E-state index in [2.05, 4.69) is 35.5 Å². The summed E-state index contributed by atoms with van der Waals surface area (Å²) in [5, 5.41) is 9.13. The first-order chi connectivity index (χ1) is 14.6. The van der Waals surface area contributed by atoms with Crippen LogP contribution in [0.25, 0.3) is 11.1 Å². The third-order valence-corrected chi connectivity index (χ3v) is 6.10. The van der Waals surface area contributed by atoms with Crippen molar-refractivity contribution in [1.29, 1.82) is 0 Å². The van der Waals surface area contributed by atoms with E-state index in [0.717, 1.165) is 11.1 Å². The maximum absolute atomic E-state index is 13.1. The summed E-state index contributed by atoms with van der Waals surface area (Å²) in [4.78, 5) is 8.44. The van der Waals surface area contributed by atoms with Gasteiger partial charge in [-0.25, -0.2) is 18.4 Å². The molecule has 0 aliphatic heterocycles. The second kappa shape index (κ2) is 9.03. The number of benzene rings is 2. The van der Waals surface area contributed by atoms with Gasteiger partial charge in [-0.3, -0.25) is 4.72 Å². The van der Waals surface area contributed by atoms with E-state index >= 15 is 0 Å². The molecule has 0 saturated heterocycles. The zero-order valence-corrected chi connectivity index (χ0v) is 18.9. The van der Waals surface area contributed by atoms with Gasteiger partial charge in [0.15, 0.2) is 5.82 Å². The van der Waals surface area contributed by atoms with Gasteiger partial charge in [0.2, 0.25) is 5.88 Å². The van der Waals surface area contributed by atoms with Crippen LogP contribution in [0.3, 0.4) is 0 Å². The number of sulfonamides is 1. The predicted octanol–water partition coefficient (Wildman–Crippen LogP) is 3.92. The zero-order chi connectivity index (χ0) is 22.6. The fraction of sp³-hybridized carbons (Fsp3) is 0.304. The third kappa shape index (κ3) is 5.39. The fourth-order valence-electron chi connectivity index (χ4n) is 3.00. The van der Waals surface area contributed by atoms with Crippen LogP contribution >= 0.6 is 0 Å². The summed E-state index contributed by atoms with van der Waals surface area (Å²) in [6.07, 6.45) is 1.23. The highest BCUT2D eigenvalue weighted by Gasteiger charge is 2.22. The summed E-state index contributed by atoms with van der Waals surface area (Å²) in [6.45, 7) is 7.99. The smallest absolute Gasteiger partial charge is 0.263 e. The molecule has 0 unspecified atom stereocenters. The SMILES string of the molecule is Cc1ccc(-c2c(NS(=O)(=O)c3ccc(C(C)(C)C)cc3)ncnc2OCCO)cc1. The monoisotopic (exact) mass is 441 g/mol. The Hall–Kier alpha value is -2.97. The first-order valence-corrected chi connectivity index (χ1v) is 11.4. The minimum atomic E-state index is -3.90. The van der Waals surface area contributed by atoms with Crippen LogP contribution in [0.5, 0.6) is 5.88 Å². The highest BCUT2D eigenvalue weighted by molar-refractivity contribution is 7.92. The Bertz CT molecular complexity index is 1140. The topological polar surface area (TPSA) is 101 Å². The number of nitrogens with one attached hydrogen (secondary N) is 1. The summed E-state index contributed by atoms with van der Waals surface area (Å²) in [6, 6.07) is 14.3. The molecule has 0 atom stereocenters. The lowest BCUT2D eigenvalue weighted by Crippen LogP contribution is -2.17. The van der Waals surface area contributed by atoms with Crippen LogP contribution in [-0.4, -0.2) is 36.7 Å². The molecule has 3 rings (SSSR count). The van der Waals surface area contributed by atoms with Crippen molar-refractivity contribution in [3.63, 3.8) is 0 Å². The van der Waals surface area contributed by atoms with Gasteiger partial charge in [0, 0.05) is 0 Å². The molecule has 31 heavy (non-hydrogen) atoms. The number of aliphatic hydroxyl groups excluding tert-OH is 1. The van der Waals surface area contributed by atoms with Crippen LogP contribution in [0, 0.1) is 6.92 Å². The number of aromatic nitrogens is 2. The number of ether oxygens (including phenoxy) is 1. The number of aliphatic hydroxyl groups is 1. The molecule has 0 fully saturated rings. The van der Waals surface area contributed by atoms with Crippen LogP contribution in [0.4, 0.5) is 5.82 Å². The predicted molar refractivity (Wildman–Crippen MR) is 121 cm³/mol. The molecule has 8 heteroatoms. The van der Waals surface area contributed by atoms with Crippen molar-refractivity contribution in [3.05, 3.63) is 66.0 Å². The average molecular weight is 442 g/mol. The Kier molecular flexibility index (Phi) is 6.62. The molecule has 2 aromatic carbocycles. The van der Waals surface area contributed by atoms with E-state index in [9.17, 15) is 8.42 Å².